The van der Waals surface area contributed by atoms with Crippen molar-refractivity contribution in [1.29, 1.82) is 0 Å². The van der Waals surface area contributed by atoms with Crippen molar-refractivity contribution < 1.29 is 28.5 Å². The molecule has 32 heavy (non-hydrogen) atoms. The van der Waals surface area contributed by atoms with Crippen LogP contribution in [0.2, 0.25) is 0 Å². The van der Waals surface area contributed by atoms with E-state index in [4.69, 9.17) is 18.9 Å². The first-order valence-corrected chi connectivity index (χ1v) is 10.5. The van der Waals surface area contributed by atoms with Gasteiger partial charge in [-0.1, -0.05) is 6.07 Å². The number of ether oxygens (including phenoxy) is 4. The average molecular weight is 443 g/mol. The Morgan fingerprint density at radius 3 is 2.03 bits per heavy atom. The lowest BCUT2D eigenvalue weighted by atomic mass is 9.96. The molecule has 1 saturated heterocycles. The fourth-order valence-corrected chi connectivity index (χ4v) is 3.88. The first-order valence-electron chi connectivity index (χ1n) is 10.5. The third kappa shape index (κ3) is 5.07. The summed E-state index contributed by atoms with van der Waals surface area (Å²) in [5.74, 6) is 2.11. The van der Waals surface area contributed by atoms with Gasteiger partial charge in [0.25, 0.3) is 11.8 Å². The highest BCUT2D eigenvalue weighted by Gasteiger charge is 2.28. The monoisotopic (exact) mass is 442 g/mol. The Balaban J connectivity index is 1.56. The minimum atomic E-state index is -0.164. The van der Waals surface area contributed by atoms with E-state index >= 15 is 0 Å². The van der Waals surface area contributed by atoms with E-state index in [9.17, 15) is 9.59 Å². The van der Waals surface area contributed by atoms with E-state index in [1.165, 1.54) is 7.11 Å². The minimum absolute atomic E-state index is 0.105. The van der Waals surface area contributed by atoms with Crippen LogP contribution >= 0.6 is 0 Å². The van der Waals surface area contributed by atoms with Crippen LogP contribution in [0.4, 0.5) is 0 Å². The quantitative estimate of drug-likeness (QED) is 0.676. The summed E-state index contributed by atoms with van der Waals surface area (Å²) < 4.78 is 21.2. The van der Waals surface area contributed by atoms with Crippen molar-refractivity contribution >= 4 is 11.8 Å². The maximum atomic E-state index is 13.1. The number of carbonyl (C=O) groups is 2. The molecule has 0 spiro atoms. The van der Waals surface area contributed by atoms with Crippen molar-refractivity contribution in [1.82, 2.24) is 10.2 Å². The number of hydrogen-bond donors (Lipinski definition) is 1. The highest BCUT2D eigenvalue weighted by atomic mass is 16.5. The van der Waals surface area contributed by atoms with Crippen LogP contribution in [0.5, 0.6) is 23.0 Å². The van der Waals surface area contributed by atoms with Crippen LogP contribution in [0, 0.1) is 5.92 Å². The lowest BCUT2D eigenvalue weighted by Crippen LogP contribution is -2.41. The van der Waals surface area contributed by atoms with Gasteiger partial charge in [-0.05, 0) is 49.1 Å². The zero-order valence-electron chi connectivity index (χ0n) is 19.0. The standard InChI is InChI=1S/C24H30N2O6/c1-29-18-9-8-17(14-21(18)32-4)23(27)25-15-16-10-12-26(13-11-16)24(28)22-19(30-2)6-5-7-20(22)31-3/h5-9,14,16H,10-13,15H2,1-4H3,(H,25,27). The number of rotatable bonds is 8. The largest absolute Gasteiger partial charge is 0.496 e. The van der Waals surface area contributed by atoms with Crippen molar-refractivity contribution in [3.63, 3.8) is 0 Å². The Kier molecular flexibility index (Phi) is 7.81. The smallest absolute Gasteiger partial charge is 0.261 e. The van der Waals surface area contributed by atoms with Gasteiger partial charge < -0.3 is 29.2 Å². The average Bonchev–Trinajstić information content (AvgIpc) is 2.85. The predicted octanol–water partition coefficient (Wildman–Crippen LogP) is 3.00. The first kappa shape index (κ1) is 23.2. The van der Waals surface area contributed by atoms with Crippen molar-refractivity contribution in [2.45, 2.75) is 12.8 Å². The zero-order valence-corrected chi connectivity index (χ0v) is 19.0. The first-order chi connectivity index (χ1) is 15.5. The Morgan fingerprint density at radius 2 is 1.47 bits per heavy atom. The Labute approximate surface area is 188 Å². The zero-order chi connectivity index (χ0) is 23.1. The van der Waals surface area contributed by atoms with Gasteiger partial charge in [-0.25, -0.2) is 0 Å². The van der Waals surface area contributed by atoms with E-state index in [0.717, 1.165) is 12.8 Å². The fourth-order valence-electron chi connectivity index (χ4n) is 3.88. The third-order valence-electron chi connectivity index (χ3n) is 5.74. The van der Waals surface area contributed by atoms with Crippen LogP contribution in [-0.4, -0.2) is 64.8 Å². The van der Waals surface area contributed by atoms with Gasteiger partial charge >= 0.3 is 0 Å². The van der Waals surface area contributed by atoms with Gasteiger partial charge in [0.15, 0.2) is 11.5 Å². The summed E-state index contributed by atoms with van der Waals surface area (Å²) in [6.07, 6.45) is 1.60. The molecule has 0 radical (unpaired) electrons. The minimum Gasteiger partial charge on any atom is -0.496 e. The van der Waals surface area contributed by atoms with Gasteiger partial charge in [-0.15, -0.1) is 0 Å². The highest BCUT2D eigenvalue weighted by Crippen LogP contribution is 2.31. The molecule has 0 atom stereocenters. The van der Waals surface area contributed by atoms with E-state index in [0.29, 0.717) is 59.7 Å². The molecule has 1 N–H and O–H groups in total. The maximum absolute atomic E-state index is 13.1. The van der Waals surface area contributed by atoms with Crippen LogP contribution in [0.3, 0.4) is 0 Å². The second-order valence-electron chi connectivity index (χ2n) is 7.55. The number of carbonyl (C=O) groups excluding carboxylic acids is 2. The maximum Gasteiger partial charge on any atom is 0.261 e. The predicted molar refractivity (Wildman–Crippen MR) is 120 cm³/mol. The molecule has 0 aliphatic carbocycles. The number of hydrogen-bond acceptors (Lipinski definition) is 6. The molecule has 1 heterocycles. The summed E-state index contributed by atoms with van der Waals surface area (Å²) >= 11 is 0. The highest BCUT2D eigenvalue weighted by molar-refractivity contribution is 5.99. The number of nitrogens with one attached hydrogen (secondary N) is 1. The normalized spacial score (nSPS) is 13.9. The summed E-state index contributed by atoms with van der Waals surface area (Å²) in [5.41, 5.74) is 0.955. The molecule has 0 unspecified atom stereocenters. The van der Waals surface area contributed by atoms with Crippen LogP contribution in [0.25, 0.3) is 0 Å². The number of likely N-dealkylation sites (tertiary alicyclic amines) is 1. The van der Waals surface area contributed by atoms with E-state index in [1.807, 2.05) is 4.90 Å². The summed E-state index contributed by atoms with van der Waals surface area (Å²) in [7, 11) is 6.17. The molecule has 0 saturated carbocycles. The van der Waals surface area contributed by atoms with Crippen LogP contribution < -0.4 is 24.3 Å². The summed E-state index contributed by atoms with van der Waals surface area (Å²) in [5, 5.41) is 2.99. The topological polar surface area (TPSA) is 86.3 Å². The molecule has 1 aliphatic rings. The van der Waals surface area contributed by atoms with Crippen molar-refractivity contribution in [2.24, 2.45) is 5.92 Å². The van der Waals surface area contributed by atoms with Crippen molar-refractivity contribution in [3.05, 3.63) is 47.5 Å². The lowest BCUT2D eigenvalue weighted by Gasteiger charge is -2.32. The molecule has 1 fully saturated rings. The van der Waals surface area contributed by atoms with Gasteiger partial charge in [0.05, 0.1) is 28.4 Å². The number of amides is 2. The second-order valence-corrected chi connectivity index (χ2v) is 7.55. The lowest BCUT2D eigenvalue weighted by molar-refractivity contribution is 0.0677. The molecular weight excluding hydrogens is 412 g/mol. The summed E-state index contributed by atoms with van der Waals surface area (Å²) in [4.78, 5) is 27.5. The van der Waals surface area contributed by atoms with Gasteiger partial charge in [0, 0.05) is 25.2 Å². The van der Waals surface area contributed by atoms with E-state index in [2.05, 4.69) is 5.32 Å². The molecule has 2 aromatic rings. The number of piperidine rings is 1. The molecule has 3 rings (SSSR count). The van der Waals surface area contributed by atoms with Crippen LogP contribution in [-0.2, 0) is 0 Å². The van der Waals surface area contributed by atoms with E-state index in [1.54, 1.807) is 57.7 Å². The number of benzene rings is 2. The van der Waals surface area contributed by atoms with Gasteiger partial charge in [0.2, 0.25) is 0 Å². The molecule has 1 aliphatic heterocycles. The molecule has 0 bridgehead atoms. The van der Waals surface area contributed by atoms with Gasteiger partial charge in [0.1, 0.15) is 17.1 Å². The molecule has 8 heteroatoms. The van der Waals surface area contributed by atoms with Crippen LogP contribution in [0.15, 0.2) is 36.4 Å². The number of nitrogens with zero attached hydrogens (tertiary/aromatic N) is 1. The van der Waals surface area contributed by atoms with E-state index in [-0.39, 0.29) is 11.8 Å². The third-order valence-corrected chi connectivity index (χ3v) is 5.74. The molecule has 2 aromatic carbocycles. The molecule has 8 nitrogen and oxygen atoms in total. The second kappa shape index (κ2) is 10.7. The summed E-state index contributed by atoms with van der Waals surface area (Å²) in [6, 6.07) is 10.4. The number of methoxy groups -OCH3 is 4. The molecular formula is C24H30N2O6. The molecule has 172 valence electrons. The molecule has 0 aromatic heterocycles. The van der Waals surface area contributed by atoms with Crippen LogP contribution in [0.1, 0.15) is 33.6 Å². The molecule has 2 amide bonds. The summed E-state index contributed by atoms with van der Waals surface area (Å²) in [6.45, 7) is 1.76. The van der Waals surface area contributed by atoms with Gasteiger partial charge in [-0.3, -0.25) is 9.59 Å². The fraction of sp³-hybridized carbons (Fsp3) is 0.417. The van der Waals surface area contributed by atoms with Crippen molar-refractivity contribution in [2.75, 3.05) is 48.1 Å². The van der Waals surface area contributed by atoms with Gasteiger partial charge in [-0.2, -0.15) is 0 Å². The Hall–Kier alpha value is -3.42. The Morgan fingerprint density at radius 1 is 0.875 bits per heavy atom. The van der Waals surface area contributed by atoms with Crippen molar-refractivity contribution in [3.8, 4) is 23.0 Å². The SMILES string of the molecule is COc1ccc(C(=O)NCC2CCN(C(=O)c3c(OC)cccc3OC)CC2)cc1OC. The van der Waals surface area contributed by atoms with E-state index < -0.39 is 0 Å². The Bertz CT molecular complexity index is 931.